The number of rotatable bonds is 8. The Balaban J connectivity index is 1.95. The van der Waals surface area contributed by atoms with E-state index in [1.807, 2.05) is 0 Å². The zero-order chi connectivity index (χ0) is 20.8. The van der Waals surface area contributed by atoms with Crippen molar-refractivity contribution < 1.29 is 49.7 Å². The molecule has 0 amide bonds. The van der Waals surface area contributed by atoms with Crippen molar-refractivity contribution in [1.82, 2.24) is 5.48 Å². The van der Waals surface area contributed by atoms with Crippen molar-refractivity contribution >= 4 is 17.4 Å². The van der Waals surface area contributed by atoms with Crippen LogP contribution in [0.2, 0.25) is 0 Å². The fourth-order valence-corrected chi connectivity index (χ4v) is 2.53. The minimum Gasteiger partial charge on any atom is -0.398 e. The van der Waals surface area contributed by atoms with E-state index in [1.54, 1.807) is 17.6 Å². The van der Waals surface area contributed by atoms with Crippen molar-refractivity contribution in [2.45, 2.75) is 43.2 Å². The molecule has 0 aromatic heterocycles. The molecule has 12 nitrogen and oxygen atoms in total. The number of carbonyl (C=O) groups excluding carboxylic acids is 2. The van der Waals surface area contributed by atoms with Crippen LogP contribution in [0, 0.1) is 0 Å². The SMILES string of the molecule is Nc1ccccc1C(=O)C[C@H](NO)C(=O)OO[C@@H]1O[C@H](CO)[C@@H](O)[C@H](O)[C@H]1O. The van der Waals surface area contributed by atoms with Gasteiger partial charge in [-0.05, 0) is 12.1 Å². The highest BCUT2D eigenvalue weighted by Gasteiger charge is 2.45. The van der Waals surface area contributed by atoms with Crippen LogP contribution >= 0.6 is 0 Å². The highest BCUT2D eigenvalue weighted by molar-refractivity contribution is 6.02. The lowest BCUT2D eigenvalue weighted by Gasteiger charge is -2.38. The number of para-hydroxylation sites is 1. The van der Waals surface area contributed by atoms with Gasteiger partial charge in [0.2, 0.25) is 6.29 Å². The summed E-state index contributed by atoms with van der Waals surface area (Å²) in [6.07, 6.45) is -8.66. The molecule has 6 atom stereocenters. The molecule has 1 aromatic carbocycles. The molecule has 1 aliphatic heterocycles. The van der Waals surface area contributed by atoms with E-state index in [-0.39, 0.29) is 11.3 Å². The predicted octanol–water partition coefficient (Wildman–Crippen LogP) is -2.54. The molecule has 28 heavy (non-hydrogen) atoms. The molecule has 1 aliphatic rings. The Morgan fingerprint density at radius 2 is 1.86 bits per heavy atom. The van der Waals surface area contributed by atoms with Gasteiger partial charge in [0.15, 0.2) is 5.78 Å². The van der Waals surface area contributed by atoms with Gasteiger partial charge in [0, 0.05) is 17.7 Å². The van der Waals surface area contributed by atoms with Crippen molar-refractivity contribution in [2.75, 3.05) is 12.3 Å². The maximum atomic E-state index is 12.2. The van der Waals surface area contributed by atoms with Gasteiger partial charge in [-0.25, -0.2) is 4.79 Å². The Labute approximate surface area is 158 Å². The van der Waals surface area contributed by atoms with E-state index in [0.717, 1.165) is 0 Å². The number of anilines is 1. The molecule has 0 spiro atoms. The van der Waals surface area contributed by atoms with Crippen LogP contribution in [0.5, 0.6) is 0 Å². The number of carbonyl (C=O) groups is 2. The third-order valence-corrected chi connectivity index (χ3v) is 4.16. The number of benzene rings is 1. The van der Waals surface area contributed by atoms with Crippen LogP contribution in [0.4, 0.5) is 5.69 Å². The maximum absolute atomic E-state index is 12.2. The Morgan fingerprint density at radius 3 is 2.46 bits per heavy atom. The first kappa shape index (κ1) is 22.1. The molecule has 8 N–H and O–H groups in total. The van der Waals surface area contributed by atoms with E-state index in [9.17, 15) is 24.9 Å². The number of Topliss-reactive ketones (excluding diaryl/α,β-unsaturated/α-hetero) is 1. The van der Waals surface area contributed by atoms with E-state index in [0.29, 0.717) is 0 Å². The average molecular weight is 402 g/mol. The Morgan fingerprint density at radius 1 is 1.18 bits per heavy atom. The minimum atomic E-state index is -1.79. The van der Waals surface area contributed by atoms with Gasteiger partial charge >= 0.3 is 5.97 Å². The summed E-state index contributed by atoms with van der Waals surface area (Å²) in [5.74, 6) is -1.79. The second-order valence-electron chi connectivity index (χ2n) is 6.09. The molecule has 2 rings (SSSR count). The zero-order valence-corrected chi connectivity index (χ0v) is 14.5. The summed E-state index contributed by atoms with van der Waals surface area (Å²) in [4.78, 5) is 33.3. The Hall–Kier alpha value is -2.16. The van der Waals surface area contributed by atoms with E-state index in [1.165, 1.54) is 12.1 Å². The molecule has 12 heteroatoms. The van der Waals surface area contributed by atoms with Crippen LogP contribution in [0.3, 0.4) is 0 Å². The smallest absolute Gasteiger partial charge is 0.361 e. The predicted molar refractivity (Wildman–Crippen MR) is 89.5 cm³/mol. The van der Waals surface area contributed by atoms with Crippen LogP contribution < -0.4 is 11.2 Å². The second-order valence-corrected chi connectivity index (χ2v) is 6.09. The normalized spacial score (nSPS) is 28.5. The van der Waals surface area contributed by atoms with Gasteiger partial charge in [-0.2, -0.15) is 5.48 Å². The number of nitrogen functional groups attached to an aromatic ring is 1. The molecular formula is C16H22N2O10. The van der Waals surface area contributed by atoms with Gasteiger partial charge in [-0.15, -0.1) is 4.89 Å². The summed E-state index contributed by atoms with van der Waals surface area (Å²) in [6.45, 7) is -0.702. The van der Waals surface area contributed by atoms with Gasteiger partial charge in [-0.1, -0.05) is 12.1 Å². The van der Waals surface area contributed by atoms with E-state index in [4.69, 9.17) is 20.8 Å². The lowest BCUT2D eigenvalue weighted by atomic mass is 9.99. The first-order valence-electron chi connectivity index (χ1n) is 8.25. The summed E-state index contributed by atoms with van der Waals surface area (Å²) >= 11 is 0. The highest BCUT2D eigenvalue weighted by atomic mass is 17.2. The third-order valence-electron chi connectivity index (χ3n) is 4.16. The molecule has 0 radical (unpaired) electrons. The van der Waals surface area contributed by atoms with Gasteiger partial charge in [0.1, 0.15) is 30.5 Å². The van der Waals surface area contributed by atoms with Gasteiger partial charge in [0.05, 0.1) is 6.61 Å². The number of nitrogens with one attached hydrogen (secondary N) is 1. The summed E-state index contributed by atoms with van der Waals surface area (Å²) in [5, 5.41) is 47.3. The average Bonchev–Trinajstić information content (AvgIpc) is 2.69. The van der Waals surface area contributed by atoms with Crippen LogP contribution in [0.1, 0.15) is 16.8 Å². The first-order chi connectivity index (χ1) is 13.3. The number of aliphatic hydroxyl groups is 4. The van der Waals surface area contributed by atoms with Crippen molar-refractivity contribution in [1.29, 1.82) is 0 Å². The van der Waals surface area contributed by atoms with Crippen molar-refractivity contribution in [3.05, 3.63) is 29.8 Å². The van der Waals surface area contributed by atoms with Gasteiger partial charge in [-0.3, -0.25) is 9.68 Å². The third kappa shape index (κ3) is 5.01. The molecule has 0 unspecified atom stereocenters. The number of ketones is 1. The number of hydroxylamine groups is 1. The number of ether oxygens (including phenoxy) is 1. The minimum absolute atomic E-state index is 0.144. The number of nitrogens with two attached hydrogens (primary N) is 1. The molecule has 1 saturated heterocycles. The van der Waals surface area contributed by atoms with Crippen LogP contribution in [-0.4, -0.2) is 80.7 Å². The van der Waals surface area contributed by atoms with Crippen LogP contribution in [0.25, 0.3) is 0 Å². The van der Waals surface area contributed by atoms with Crippen molar-refractivity contribution in [2.24, 2.45) is 0 Å². The molecule has 0 saturated carbocycles. The van der Waals surface area contributed by atoms with E-state index < -0.39 is 61.5 Å². The van der Waals surface area contributed by atoms with E-state index >= 15 is 0 Å². The quantitative estimate of drug-likeness (QED) is 0.104. The van der Waals surface area contributed by atoms with Crippen molar-refractivity contribution in [3.8, 4) is 0 Å². The fourth-order valence-electron chi connectivity index (χ4n) is 2.53. The standard InChI is InChI=1S/C16H22N2O10/c17-8-4-2-1-3-7(8)10(20)5-9(18-25)15(24)27-28-16-14(23)13(22)12(21)11(6-19)26-16/h1-4,9,11-14,16,18-19,21-23,25H,5-6,17H2/t9-,11+,12+,13-,14+,16-/m0/s1. The lowest BCUT2D eigenvalue weighted by molar-refractivity contribution is -0.406. The summed E-state index contributed by atoms with van der Waals surface area (Å²) in [7, 11) is 0. The Kier molecular flexibility index (Phi) is 7.79. The monoisotopic (exact) mass is 402 g/mol. The summed E-state index contributed by atoms with van der Waals surface area (Å²) in [6, 6.07) is 4.61. The molecule has 156 valence electrons. The molecule has 0 bridgehead atoms. The zero-order valence-electron chi connectivity index (χ0n) is 14.5. The summed E-state index contributed by atoms with van der Waals surface area (Å²) < 4.78 is 4.98. The van der Waals surface area contributed by atoms with Crippen LogP contribution in [-0.2, 0) is 19.3 Å². The Bertz CT molecular complexity index is 685. The fraction of sp³-hybridized carbons (Fsp3) is 0.500. The molecule has 1 fully saturated rings. The highest BCUT2D eigenvalue weighted by Crippen LogP contribution is 2.22. The van der Waals surface area contributed by atoms with Gasteiger partial charge in [0.25, 0.3) is 0 Å². The topological polar surface area (TPSA) is 201 Å². The van der Waals surface area contributed by atoms with Gasteiger partial charge < -0.3 is 36.1 Å². The second kappa shape index (κ2) is 9.86. The largest absolute Gasteiger partial charge is 0.398 e. The molecule has 1 heterocycles. The van der Waals surface area contributed by atoms with E-state index in [2.05, 4.69) is 9.78 Å². The number of hydrogen-bond acceptors (Lipinski definition) is 12. The molecular weight excluding hydrogens is 380 g/mol. The summed E-state index contributed by atoms with van der Waals surface area (Å²) in [5.41, 5.74) is 7.62. The number of aliphatic hydroxyl groups excluding tert-OH is 4. The first-order valence-corrected chi connectivity index (χ1v) is 8.25. The number of hydrogen-bond donors (Lipinski definition) is 7. The maximum Gasteiger partial charge on any atom is 0.361 e. The molecule has 1 aromatic rings. The van der Waals surface area contributed by atoms with Crippen LogP contribution in [0.15, 0.2) is 24.3 Å². The van der Waals surface area contributed by atoms with Crippen molar-refractivity contribution in [3.63, 3.8) is 0 Å². The molecule has 0 aliphatic carbocycles. The lowest BCUT2D eigenvalue weighted by Crippen LogP contribution is -2.59.